The van der Waals surface area contributed by atoms with Gasteiger partial charge in [0.2, 0.25) is 6.79 Å². The smallest absolute Gasteiger partial charge is 0.412 e. The molecule has 1 aliphatic rings. The number of ether oxygens (including phenoxy) is 3. The Hall–Kier alpha value is -3.75. The molecule has 1 aliphatic heterocycles. The molecule has 2 aromatic carbocycles. The molecule has 0 saturated heterocycles. The fourth-order valence-corrected chi connectivity index (χ4v) is 3.14. The van der Waals surface area contributed by atoms with Crippen LogP contribution in [0.15, 0.2) is 48.6 Å². The second-order valence-electron chi connectivity index (χ2n) is 7.03. The highest BCUT2D eigenvalue weighted by molar-refractivity contribution is 5.85. The van der Waals surface area contributed by atoms with Gasteiger partial charge in [-0.25, -0.2) is 14.0 Å². The van der Waals surface area contributed by atoms with E-state index in [0.717, 1.165) is 12.1 Å². The predicted octanol–water partition coefficient (Wildman–Crippen LogP) is 4.61. The van der Waals surface area contributed by atoms with Crippen LogP contribution in [0, 0.1) is 11.7 Å². The van der Waals surface area contributed by atoms with Gasteiger partial charge in [0, 0.05) is 17.8 Å². The van der Waals surface area contributed by atoms with E-state index in [2.05, 4.69) is 5.32 Å². The molecule has 3 rings (SSSR count). The quantitative estimate of drug-likeness (QED) is 0.523. The van der Waals surface area contributed by atoms with Gasteiger partial charge in [0.05, 0.1) is 0 Å². The molecule has 0 fully saturated rings. The Morgan fingerprint density at radius 1 is 1.23 bits per heavy atom. The van der Waals surface area contributed by atoms with Gasteiger partial charge in [0.1, 0.15) is 6.10 Å². The van der Waals surface area contributed by atoms with E-state index >= 15 is 0 Å². The summed E-state index contributed by atoms with van der Waals surface area (Å²) < 4.78 is 30.0. The number of fused-ring (bicyclic) bond motifs is 1. The van der Waals surface area contributed by atoms with Crippen molar-refractivity contribution in [1.82, 2.24) is 0 Å². The molecule has 164 valence electrons. The lowest BCUT2D eigenvalue weighted by molar-refractivity contribution is -0.131. The zero-order chi connectivity index (χ0) is 22.4. The molecule has 0 radical (unpaired) electrons. The van der Waals surface area contributed by atoms with Gasteiger partial charge in [-0.1, -0.05) is 19.1 Å². The van der Waals surface area contributed by atoms with E-state index in [9.17, 15) is 19.1 Å². The van der Waals surface area contributed by atoms with Gasteiger partial charge in [-0.05, 0) is 48.6 Å². The number of nitrogens with one attached hydrogen (secondary N) is 1. The number of carboxylic acids is 1. The number of phenols is 1. The van der Waals surface area contributed by atoms with Gasteiger partial charge >= 0.3 is 12.1 Å². The molecule has 1 amide bonds. The summed E-state index contributed by atoms with van der Waals surface area (Å²) in [6, 6.07) is 8.65. The van der Waals surface area contributed by atoms with Crippen molar-refractivity contribution >= 4 is 17.7 Å². The fraction of sp³-hybridized carbons (Fsp3) is 0.273. The van der Waals surface area contributed by atoms with E-state index in [1.54, 1.807) is 25.1 Å². The number of phenolic OH excluding ortho intramolecular Hbond substituents is 1. The number of hydrogen-bond acceptors (Lipinski definition) is 6. The zero-order valence-electron chi connectivity index (χ0n) is 16.7. The minimum Gasteiger partial charge on any atom is -0.505 e. The average molecular weight is 431 g/mol. The van der Waals surface area contributed by atoms with Crippen LogP contribution >= 0.6 is 0 Å². The Bertz CT molecular complexity index is 992. The van der Waals surface area contributed by atoms with Crippen LogP contribution in [-0.2, 0) is 9.53 Å². The first-order valence-electron chi connectivity index (χ1n) is 9.58. The van der Waals surface area contributed by atoms with Crippen LogP contribution in [0.2, 0.25) is 0 Å². The van der Waals surface area contributed by atoms with Crippen molar-refractivity contribution < 1.29 is 38.4 Å². The standard InChI is InChI=1S/C22H22FNO7/c1-13(4-2-3-5-20(26)27)21(14-6-8-17(25)16(23)10-14)31-22(28)24-15-7-9-18-19(11-15)30-12-29-18/h3,5-11,13,21,25H,2,4,12H2,1H3,(H,24,28)(H,26,27)/b5-3+/t13-,21-/m1/s1. The Labute approximate surface area is 177 Å². The Morgan fingerprint density at radius 3 is 2.74 bits per heavy atom. The third-order valence-electron chi connectivity index (χ3n) is 4.72. The van der Waals surface area contributed by atoms with Gasteiger partial charge in [-0.15, -0.1) is 0 Å². The number of halogens is 1. The van der Waals surface area contributed by atoms with Crippen LogP contribution < -0.4 is 14.8 Å². The first-order chi connectivity index (χ1) is 14.8. The van der Waals surface area contributed by atoms with Crippen molar-refractivity contribution in [1.29, 1.82) is 0 Å². The van der Waals surface area contributed by atoms with E-state index in [1.165, 1.54) is 18.2 Å². The first kappa shape index (κ1) is 21.9. The molecule has 2 atom stereocenters. The Balaban J connectivity index is 1.72. The SMILES string of the molecule is C[C@H](CC/C=C/C(=O)O)[C@@H](OC(=O)Nc1ccc2c(c1)OCO2)c1ccc(O)c(F)c1. The number of amides is 1. The van der Waals surface area contributed by atoms with Crippen molar-refractivity contribution in [3.05, 3.63) is 59.9 Å². The summed E-state index contributed by atoms with van der Waals surface area (Å²) in [5, 5.41) is 20.8. The van der Waals surface area contributed by atoms with E-state index in [0.29, 0.717) is 35.6 Å². The second kappa shape index (κ2) is 9.84. The summed E-state index contributed by atoms with van der Waals surface area (Å²) in [4.78, 5) is 23.1. The second-order valence-corrected chi connectivity index (χ2v) is 7.03. The number of aliphatic carboxylic acids is 1. The molecule has 0 spiro atoms. The monoisotopic (exact) mass is 431 g/mol. The third-order valence-corrected chi connectivity index (χ3v) is 4.72. The highest BCUT2D eigenvalue weighted by Gasteiger charge is 2.25. The number of hydrogen-bond donors (Lipinski definition) is 3. The van der Waals surface area contributed by atoms with Gasteiger partial charge < -0.3 is 24.4 Å². The zero-order valence-corrected chi connectivity index (χ0v) is 16.7. The topological polar surface area (TPSA) is 114 Å². The maximum atomic E-state index is 13.9. The normalized spacial score (nSPS) is 14.3. The Morgan fingerprint density at radius 2 is 2.00 bits per heavy atom. The maximum Gasteiger partial charge on any atom is 0.412 e. The number of carbonyl (C=O) groups excluding carboxylic acids is 1. The molecule has 0 saturated carbocycles. The summed E-state index contributed by atoms with van der Waals surface area (Å²) in [5.41, 5.74) is 0.799. The summed E-state index contributed by atoms with van der Waals surface area (Å²) >= 11 is 0. The molecule has 0 aliphatic carbocycles. The molecular weight excluding hydrogens is 409 g/mol. The maximum absolute atomic E-state index is 13.9. The third kappa shape index (κ3) is 5.88. The molecule has 9 heteroatoms. The highest BCUT2D eigenvalue weighted by atomic mass is 19.1. The summed E-state index contributed by atoms with van der Waals surface area (Å²) in [6.07, 6.45) is 1.86. The number of benzene rings is 2. The van der Waals surface area contributed by atoms with Crippen molar-refractivity contribution in [2.24, 2.45) is 5.92 Å². The number of carbonyl (C=O) groups is 2. The van der Waals surface area contributed by atoms with Crippen molar-refractivity contribution in [3.63, 3.8) is 0 Å². The van der Waals surface area contributed by atoms with Gasteiger partial charge in [-0.2, -0.15) is 0 Å². The molecule has 0 aromatic heterocycles. The number of aromatic hydroxyl groups is 1. The lowest BCUT2D eigenvalue weighted by atomic mass is 9.93. The predicted molar refractivity (Wildman–Crippen MR) is 109 cm³/mol. The first-order valence-corrected chi connectivity index (χ1v) is 9.58. The van der Waals surface area contributed by atoms with Crippen LogP contribution in [0.1, 0.15) is 31.4 Å². The van der Waals surface area contributed by atoms with E-state index in [1.807, 2.05) is 0 Å². The van der Waals surface area contributed by atoms with Crippen molar-refractivity contribution in [2.45, 2.75) is 25.9 Å². The van der Waals surface area contributed by atoms with Gasteiger partial charge in [0.25, 0.3) is 0 Å². The average Bonchev–Trinajstić information content (AvgIpc) is 3.19. The van der Waals surface area contributed by atoms with Crippen LogP contribution in [0.4, 0.5) is 14.9 Å². The van der Waals surface area contributed by atoms with E-state index < -0.39 is 29.7 Å². The van der Waals surface area contributed by atoms with Crippen LogP contribution in [0.25, 0.3) is 0 Å². The molecular formula is C22H22FNO7. The van der Waals surface area contributed by atoms with E-state index in [4.69, 9.17) is 19.3 Å². The lowest BCUT2D eigenvalue weighted by Crippen LogP contribution is -2.22. The van der Waals surface area contributed by atoms with Gasteiger partial charge in [-0.3, -0.25) is 5.32 Å². The van der Waals surface area contributed by atoms with E-state index in [-0.39, 0.29) is 12.7 Å². The van der Waals surface area contributed by atoms with Crippen LogP contribution in [0.5, 0.6) is 17.2 Å². The number of allylic oxidation sites excluding steroid dienone is 1. The fourth-order valence-electron chi connectivity index (χ4n) is 3.14. The summed E-state index contributed by atoms with van der Waals surface area (Å²) in [7, 11) is 0. The van der Waals surface area contributed by atoms with Crippen molar-refractivity contribution in [2.75, 3.05) is 12.1 Å². The summed E-state index contributed by atoms with van der Waals surface area (Å²) in [6.45, 7) is 1.91. The molecule has 0 bridgehead atoms. The summed E-state index contributed by atoms with van der Waals surface area (Å²) in [5.74, 6) is -1.60. The molecule has 1 heterocycles. The number of anilines is 1. The molecule has 3 N–H and O–H groups in total. The molecule has 8 nitrogen and oxygen atoms in total. The Kier molecular flexibility index (Phi) is 6.96. The molecule has 31 heavy (non-hydrogen) atoms. The van der Waals surface area contributed by atoms with Crippen LogP contribution in [-0.4, -0.2) is 29.1 Å². The number of rotatable bonds is 8. The van der Waals surface area contributed by atoms with Crippen LogP contribution in [0.3, 0.4) is 0 Å². The minimum atomic E-state index is -1.05. The molecule has 2 aromatic rings. The highest BCUT2D eigenvalue weighted by Crippen LogP contribution is 2.35. The van der Waals surface area contributed by atoms with Gasteiger partial charge in [0.15, 0.2) is 23.1 Å². The van der Waals surface area contributed by atoms with Crippen molar-refractivity contribution in [3.8, 4) is 17.2 Å². The number of carboxylic acid groups (broad SMARTS) is 1. The lowest BCUT2D eigenvalue weighted by Gasteiger charge is -2.25. The largest absolute Gasteiger partial charge is 0.505 e. The molecule has 0 unspecified atom stereocenters. The minimum absolute atomic E-state index is 0.103.